The Hall–Kier alpha value is -3.90. The van der Waals surface area contributed by atoms with Gasteiger partial charge in [-0.1, -0.05) is 65.7 Å². The number of aryl methyl sites for hydroxylation is 2. The van der Waals surface area contributed by atoms with Gasteiger partial charge in [-0.05, 0) is 49.2 Å². The zero-order chi connectivity index (χ0) is 23.5. The van der Waals surface area contributed by atoms with Crippen LogP contribution < -0.4 is 15.0 Å². The Morgan fingerprint density at radius 1 is 0.970 bits per heavy atom. The summed E-state index contributed by atoms with van der Waals surface area (Å²) >= 11 is 6.07. The van der Waals surface area contributed by atoms with Crippen LogP contribution in [0.25, 0.3) is 6.08 Å². The van der Waals surface area contributed by atoms with Crippen molar-refractivity contribution >= 4 is 41.2 Å². The van der Waals surface area contributed by atoms with Gasteiger partial charge in [0, 0.05) is 10.6 Å². The number of hydrogen-bond donors (Lipinski definition) is 1. The van der Waals surface area contributed by atoms with Crippen LogP contribution in [0.3, 0.4) is 0 Å². The summed E-state index contributed by atoms with van der Waals surface area (Å²) < 4.78 is 5.97. The van der Waals surface area contributed by atoms with E-state index in [0.29, 0.717) is 34.2 Å². The maximum Gasteiger partial charge on any atom is 0.335 e. The molecule has 1 aliphatic heterocycles. The molecule has 0 atom stereocenters. The fraction of sp³-hybridized carbons (Fsp3) is 0.115. The average molecular weight is 461 g/mol. The summed E-state index contributed by atoms with van der Waals surface area (Å²) in [4.78, 5) is 39.2. The number of ether oxygens (including phenoxy) is 1. The topological polar surface area (TPSA) is 75.7 Å². The molecule has 6 nitrogen and oxygen atoms in total. The summed E-state index contributed by atoms with van der Waals surface area (Å²) in [6, 6.07) is 19.1. The van der Waals surface area contributed by atoms with Crippen LogP contribution in [0.1, 0.15) is 22.3 Å². The molecule has 3 aromatic rings. The molecule has 0 spiro atoms. The number of amides is 4. The lowest BCUT2D eigenvalue weighted by atomic mass is 10.0. The molecular weight excluding hydrogens is 440 g/mol. The molecule has 4 rings (SSSR count). The Balaban J connectivity index is 1.66. The molecule has 0 aromatic heterocycles. The highest BCUT2D eigenvalue weighted by molar-refractivity contribution is 6.39. The molecule has 0 unspecified atom stereocenters. The lowest BCUT2D eigenvalue weighted by Crippen LogP contribution is -2.54. The highest BCUT2D eigenvalue weighted by Crippen LogP contribution is 2.29. The molecule has 166 valence electrons. The number of para-hydroxylation sites is 1. The number of carbonyl (C=O) groups is 3. The molecule has 1 aliphatic rings. The van der Waals surface area contributed by atoms with Crippen molar-refractivity contribution in [1.29, 1.82) is 0 Å². The Bertz CT molecular complexity index is 1300. The summed E-state index contributed by atoms with van der Waals surface area (Å²) in [7, 11) is 0. The molecule has 4 amide bonds. The van der Waals surface area contributed by atoms with Gasteiger partial charge in [-0.3, -0.25) is 14.9 Å². The number of urea groups is 1. The fourth-order valence-electron chi connectivity index (χ4n) is 3.55. The Morgan fingerprint density at radius 2 is 1.76 bits per heavy atom. The van der Waals surface area contributed by atoms with Gasteiger partial charge in [0.15, 0.2) is 0 Å². The van der Waals surface area contributed by atoms with Gasteiger partial charge in [0.1, 0.15) is 17.9 Å². The fourth-order valence-corrected chi connectivity index (χ4v) is 3.72. The van der Waals surface area contributed by atoms with E-state index >= 15 is 0 Å². The first-order valence-corrected chi connectivity index (χ1v) is 10.7. The van der Waals surface area contributed by atoms with Crippen molar-refractivity contribution < 1.29 is 19.1 Å². The SMILES string of the molecule is Cc1cccc(COc2ccccc2/C=C2\C(=O)NC(=O)N(c3cc(Cl)ccc3C)C2=O)c1. The second kappa shape index (κ2) is 9.30. The molecule has 1 heterocycles. The number of anilines is 1. The Kier molecular flexibility index (Phi) is 6.29. The van der Waals surface area contributed by atoms with Crippen LogP contribution in [0, 0.1) is 13.8 Å². The number of nitrogens with one attached hydrogen (secondary N) is 1. The largest absolute Gasteiger partial charge is 0.488 e. The molecule has 1 N–H and O–H groups in total. The summed E-state index contributed by atoms with van der Waals surface area (Å²) in [5.74, 6) is -0.994. The summed E-state index contributed by atoms with van der Waals surface area (Å²) in [6.45, 7) is 4.08. The molecule has 0 saturated carbocycles. The van der Waals surface area contributed by atoms with Crippen LogP contribution in [0.15, 0.2) is 72.3 Å². The minimum absolute atomic E-state index is 0.180. The zero-order valence-electron chi connectivity index (χ0n) is 18.1. The van der Waals surface area contributed by atoms with Crippen LogP contribution >= 0.6 is 11.6 Å². The third kappa shape index (κ3) is 4.81. The van der Waals surface area contributed by atoms with E-state index in [4.69, 9.17) is 16.3 Å². The van der Waals surface area contributed by atoms with Gasteiger partial charge in [0.25, 0.3) is 11.8 Å². The first-order chi connectivity index (χ1) is 15.8. The number of hydrogen-bond acceptors (Lipinski definition) is 4. The quantitative estimate of drug-likeness (QED) is 0.419. The van der Waals surface area contributed by atoms with Crippen molar-refractivity contribution in [2.45, 2.75) is 20.5 Å². The van der Waals surface area contributed by atoms with Crippen molar-refractivity contribution in [2.75, 3.05) is 4.90 Å². The van der Waals surface area contributed by atoms with E-state index in [9.17, 15) is 14.4 Å². The Labute approximate surface area is 196 Å². The van der Waals surface area contributed by atoms with E-state index in [-0.39, 0.29) is 5.57 Å². The van der Waals surface area contributed by atoms with Gasteiger partial charge in [-0.2, -0.15) is 0 Å². The smallest absolute Gasteiger partial charge is 0.335 e. The van der Waals surface area contributed by atoms with Crippen molar-refractivity contribution in [1.82, 2.24) is 5.32 Å². The lowest BCUT2D eigenvalue weighted by molar-refractivity contribution is -0.122. The molecule has 1 fully saturated rings. The van der Waals surface area contributed by atoms with Gasteiger partial charge < -0.3 is 4.74 Å². The van der Waals surface area contributed by atoms with Gasteiger partial charge in [-0.15, -0.1) is 0 Å². The molecule has 33 heavy (non-hydrogen) atoms. The normalized spacial score (nSPS) is 15.1. The number of imide groups is 2. The van der Waals surface area contributed by atoms with Crippen LogP contribution in [0.4, 0.5) is 10.5 Å². The minimum Gasteiger partial charge on any atom is -0.488 e. The molecule has 0 aliphatic carbocycles. The van der Waals surface area contributed by atoms with Crippen molar-refractivity contribution in [3.05, 3.63) is 99.6 Å². The number of benzene rings is 3. The van der Waals surface area contributed by atoms with Crippen LogP contribution in [0.5, 0.6) is 5.75 Å². The third-order valence-electron chi connectivity index (χ3n) is 5.21. The Morgan fingerprint density at radius 3 is 2.55 bits per heavy atom. The first-order valence-electron chi connectivity index (χ1n) is 10.3. The summed E-state index contributed by atoms with van der Waals surface area (Å²) in [5, 5.41) is 2.60. The summed E-state index contributed by atoms with van der Waals surface area (Å²) in [6.07, 6.45) is 1.43. The average Bonchev–Trinajstić information content (AvgIpc) is 2.78. The van der Waals surface area contributed by atoms with E-state index in [1.54, 1.807) is 37.3 Å². The molecular formula is C26H21ClN2O4. The number of nitrogens with zero attached hydrogens (tertiary/aromatic N) is 1. The molecule has 0 bridgehead atoms. The molecule has 3 aromatic carbocycles. The second-order valence-electron chi connectivity index (χ2n) is 7.70. The zero-order valence-corrected chi connectivity index (χ0v) is 18.8. The lowest BCUT2D eigenvalue weighted by Gasteiger charge is -2.27. The van der Waals surface area contributed by atoms with Crippen LogP contribution in [0.2, 0.25) is 5.02 Å². The van der Waals surface area contributed by atoms with Gasteiger partial charge >= 0.3 is 6.03 Å². The van der Waals surface area contributed by atoms with Crippen molar-refractivity contribution in [2.24, 2.45) is 0 Å². The number of barbiturate groups is 1. The number of carbonyl (C=O) groups excluding carboxylic acids is 3. The second-order valence-corrected chi connectivity index (χ2v) is 8.14. The summed E-state index contributed by atoms with van der Waals surface area (Å²) in [5.41, 5.74) is 3.46. The van der Waals surface area contributed by atoms with E-state index in [0.717, 1.165) is 16.0 Å². The predicted octanol–water partition coefficient (Wildman–Crippen LogP) is 5.20. The van der Waals surface area contributed by atoms with Crippen molar-refractivity contribution in [3.63, 3.8) is 0 Å². The monoisotopic (exact) mass is 460 g/mol. The van der Waals surface area contributed by atoms with E-state index < -0.39 is 17.8 Å². The predicted molar refractivity (Wildman–Crippen MR) is 127 cm³/mol. The van der Waals surface area contributed by atoms with Gasteiger partial charge in [-0.25, -0.2) is 9.69 Å². The van der Waals surface area contributed by atoms with Crippen molar-refractivity contribution in [3.8, 4) is 5.75 Å². The van der Waals surface area contributed by atoms with E-state index in [1.165, 1.54) is 12.1 Å². The highest BCUT2D eigenvalue weighted by atomic mass is 35.5. The van der Waals surface area contributed by atoms with Crippen LogP contribution in [-0.2, 0) is 16.2 Å². The highest BCUT2D eigenvalue weighted by Gasteiger charge is 2.37. The van der Waals surface area contributed by atoms with E-state index in [2.05, 4.69) is 5.32 Å². The number of rotatable bonds is 5. The first kappa shape index (κ1) is 22.3. The van der Waals surface area contributed by atoms with Crippen LogP contribution in [-0.4, -0.2) is 17.8 Å². The maximum absolute atomic E-state index is 13.2. The molecule has 0 radical (unpaired) electrons. The number of halogens is 1. The van der Waals surface area contributed by atoms with Gasteiger partial charge in [0.2, 0.25) is 0 Å². The molecule has 1 saturated heterocycles. The third-order valence-corrected chi connectivity index (χ3v) is 5.44. The van der Waals surface area contributed by atoms with E-state index in [1.807, 2.05) is 37.3 Å². The maximum atomic E-state index is 13.2. The standard InChI is InChI=1S/C26H21ClN2O4/c1-16-6-5-7-18(12-16)15-33-23-9-4-3-8-19(23)13-21-24(30)28-26(32)29(25(21)31)22-14-20(27)11-10-17(22)2/h3-14H,15H2,1-2H3,(H,28,30,32)/b21-13+. The minimum atomic E-state index is -0.823. The molecule has 7 heteroatoms. The van der Waals surface area contributed by atoms with Gasteiger partial charge in [0.05, 0.1) is 5.69 Å².